The van der Waals surface area contributed by atoms with Crippen molar-refractivity contribution in [2.45, 2.75) is 86.5 Å². The largest absolute Gasteiger partial charge is 0.465 e. The highest BCUT2D eigenvalue weighted by Gasteiger charge is 2.69. The summed E-state index contributed by atoms with van der Waals surface area (Å²) in [5.74, 6) is -0.465. The van der Waals surface area contributed by atoms with E-state index >= 15 is 0 Å². The van der Waals surface area contributed by atoms with E-state index in [0.29, 0.717) is 30.9 Å². The summed E-state index contributed by atoms with van der Waals surface area (Å²) >= 11 is 0. The number of fused-ring (bicyclic) bond motifs is 5. The number of Topliss-reactive ketones (excluding diaryl/α,β-unsaturated/α-hetero) is 2. The molecule has 0 aliphatic heterocycles. The molecule has 7 atom stereocenters. The Kier molecular flexibility index (Phi) is 5.81. The molecule has 3 saturated carbocycles. The molecular weight excluding hydrogens is 416 g/mol. The minimum Gasteiger partial charge on any atom is -0.465 e. The molecule has 0 unspecified atom stereocenters. The second-order valence-corrected chi connectivity index (χ2v) is 12.5. The van der Waals surface area contributed by atoms with Crippen molar-refractivity contribution in [3.8, 4) is 0 Å². The third kappa shape index (κ3) is 3.31. The second-order valence-electron chi connectivity index (χ2n) is 12.5. The van der Waals surface area contributed by atoms with Crippen LogP contribution < -0.4 is 0 Å². The summed E-state index contributed by atoms with van der Waals surface area (Å²) in [5, 5.41) is 0. The predicted octanol–water partition coefficient (Wildman–Crippen LogP) is 5.11. The van der Waals surface area contributed by atoms with Gasteiger partial charge in [0.2, 0.25) is 0 Å². The minimum atomic E-state index is -0.859. The fourth-order valence-corrected chi connectivity index (χ4v) is 9.21. The molecule has 4 aliphatic carbocycles. The lowest BCUT2D eigenvalue weighted by molar-refractivity contribution is -0.217. The Morgan fingerprint density at radius 2 is 1.76 bits per heavy atom. The monoisotopic (exact) mass is 456 g/mol. The van der Waals surface area contributed by atoms with E-state index in [1.807, 2.05) is 13.0 Å². The summed E-state index contributed by atoms with van der Waals surface area (Å²) in [6.07, 6.45) is 9.03. The third-order valence-corrected chi connectivity index (χ3v) is 10.7. The van der Waals surface area contributed by atoms with Gasteiger partial charge < -0.3 is 9.53 Å². The number of esters is 1. The standard InChI is InChI=1S/C28H40O5/c1-17(30)19-8-9-22-26(5)13-10-21-25(3,4)11-7-12-28(21,16-33-18(2)31)23(26)14-24(32)27(22,6)20(19)15-29/h8,15,20-23H,7,9-14,16H2,1-6H3/t20-,21-,22-,23-,26-,27+,28+/m0/s1. The number of carbonyl (C=O) groups excluding carboxylic acids is 4. The number of allylic oxidation sites excluding steroid dienone is 2. The van der Waals surface area contributed by atoms with Gasteiger partial charge in [-0.1, -0.05) is 40.2 Å². The summed E-state index contributed by atoms with van der Waals surface area (Å²) in [6.45, 7) is 12.3. The number of carbonyl (C=O) groups is 4. The molecule has 3 fully saturated rings. The lowest BCUT2D eigenvalue weighted by atomic mass is 9.34. The zero-order valence-electron chi connectivity index (χ0n) is 21.2. The highest BCUT2D eigenvalue weighted by atomic mass is 16.5. The molecule has 0 aromatic rings. The van der Waals surface area contributed by atoms with E-state index in [4.69, 9.17) is 4.74 Å². The Balaban J connectivity index is 1.84. The van der Waals surface area contributed by atoms with Crippen molar-refractivity contribution >= 4 is 23.8 Å². The van der Waals surface area contributed by atoms with Gasteiger partial charge in [-0.05, 0) is 67.6 Å². The maximum atomic E-state index is 14.0. The van der Waals surface area contributed by atoms with Gasteiger partial charge in [0.15, 0.2) is 5.78 Å². The smallest absolute Gasteiger partial charge is 0.302 e. The molecule has 0 heterocycles. The van der Waals surface area contributed by atoms with Crippen LogP contribution in [0.25, 0.3) is 0 Å². The Bertz CT molecular complexity index is 915. The summed E-state index contributed by atoms with van der Waals surface area (Å²) in [6, 6.07) is 0. The van der Waals surface area contributed by atoms with Gasteiger partial charge in [0, 0.05) is 29.7 Å². The topological polar surface area (TPSA) is 77.5 Å². The SMILES string of the molecule is CC(=O)OC[C@]12CCCC(C)(C)[C@@H]1CC[C@]1(C)[C@@H]2CC(=O)[C@]2(C)[C@@H](C=O)C(C(C)=O)=CC[C@@H]12. The Hall–Kier alpha value is -1.78. The summed E-state index contributed by atoms with van der Waals surface area (Å²) < 4.78 is 5.75. The van der Waals surface area contributed by atoms with Crippen molar-refractivity contribution in [3.63, 3.8) is 0 Å². The van der Waals surface area contributed by atoms with Crippen LogP contribution in [0.5, 0.6) is 0 Å². The first-order valence-corrected chi connectivity index (χ1v) is 12.7. The molecule has 0 aromatic heterocycles. The molecule has 0 saturated heterocycles. The van der Waals surface area contributed by atoms with Crippen LogP contribution >= 0.6 is 0 Å². The Morgan fingerprint density at radius 1 is 1.06 bits per heavy atom. The molecule has 0 amide bonds. The lowest BCUT2D eigenvalue weighted by Crippen LogP contribution is -2.67. The number of ketones is 2. The van der Waals surface area contributed by atoms with E-state index < -0.39 is 11.3 Å². The molecule has 4 rings (SSSR count). The van der Waals surface area contributed by atoms with Crippen molar-refractivity contribution in [1.82, 2.24) is 0 Å². The molecule has 0 radical (unpaired) electrons. The number of hydrogen-bond acceptors (Lipinski definition) is 5. The molecule has 0 spiro atoms. The lowest BCUT2D eigenvalue weighted by Gasteiger charge is -2.69. The molecule has 0 aromatic carbocycles. The first-order chi connectivity index (χ1) is 15.3. The maximum absolute atomic E-state index is 14.0. The molecular formula is C28H40O5. The van der Waals surface area contributed by atoms with Crippen LogP contribution in [0.4, 0.5) is 0 Å². The number of hydrogen-bond donors (Lipinski definition) is 0. The van der Waals surface area contributed by atoms with Crippen LogP contribution in [0.2, 0.25) is 0 Å². The first kappa shape index (κ1) is 24.3. The van der Waals surface area contributed by atoms with Crippen LogP contribution in [0.3, 0.4) is 0 Å². The normalized spacial score (nSPS) is 43.9. The molecule has 0 bridgehead atoms. The van der Waals surface area contributed by atoms with E-state index in [0.717, 1.165) is 38.4 Å². The maximum Gasteiger partial charge on any atom is 0.302 e. The molecule has 5 heteroatoms. The zero-order valence-corrected chi connectivity index (χ0v) is 21.2. The highest BCUT2D eigenvalue weighted by molar-refractivity contribution is 6.01. The fraction of sp³-hybridized carbons (Fsp3) is 0.786. The summed E-state index contributed by atoms with van der Waals surface area (Å²) in [7, 11) is 0. The van der Waals surface area contributed by atoms with Crippen LogP contribution in [0.15, 0.2) is 11.6 Å². The highest BCUT2D eigenvalue weighted by Crippen LogP contribution is 2.72. The van der Waals surface area contributed by atoms with E-state index in [1.165, 1.54) is 13.8 Å². The molecule has 33 heavy (non-hydrogen) atoms. The average Bonchev–Trinajstić information content (AvgIpc) is 2.72. The van der Waals surface area contributed by atoms with Crippen molar-refractivity contribution < 1.29 is 23.9 Å². The first-order valence-electron chi connectivity index (χ1n) is 12.7. The average molecular weight is 457 g/mol. The van der Waals surface area contributed by atoms with Crippen LogP contribution in [-0.4, -0.2) is 30.4 Å². The Morgan fingerprint density at radius 3 is 2.36 bits per heavy atom. The molecule has 4 aliphatic rings. The van der Waals surface area contributed by atoms with Gasteiger partial charge in [0.25, 0.3) is 0 Å². The van der Waals surface area contributed by atoms with Crippen molar-refractivity contribution in [2.24, 2.45) is 45.3 Å². The van der Waals surface area contributed by atoms with Gasteiger partial charge in [0.1, 0.15) is 12.1 Å². The second kappa shape index (κ2) is 7.88. The van der Waals surface area contributed by atoms with E-state index in [1.54, 1.807) is 0 Å². The summed E-state index contributed by atoms with van der Waals surface area (Å²) in [4.78, 5) is 50.5. The summed E-state index contributed by atoms with van der Waals surface area (Å²) in [5.41, 5.74) is -0.613. The van der Waals surface area contributed by atoms with E-state index in [-0.39, 0.29) is 45.6 Å². The Labute approximate surface area is 198 Å². The van der Waals surface area contributed by atoms with Crippen molar-refractivity contribution in [3.05, 3.63) is 11.6 Å². The molecule has 182 valence electrons. The minimum absolute atomic E-state index is 0.00487. The number of rotatable bonds is 4. The van der Waals surface area contributed by atoms with E-state index in [9.17, 15) is 19.2 Å². The molecule has 0 N–H and O–H groups in total. The zero-order chi connectivity index (χ0) is 24.4. The van der Waals surface area contributed by atoms with Crippen LogP contribution in [0, 0.1) is 45.3 Å². The van der Waals surface area contributed by atoms with Crippen LogP contribution in [0.1, 0.15) is 86.5 Å². The van der Waals surface area contributed by atoms with E-state index in [2.05, 4.69) is 20.8 Å². The van der Waals surface area contributed by atoms with Crippen LogP contribution in [-0.2, 0) is 23.9 Å². The quantitative estimate of drug-likeness (QED) is 0.434. The predicted molar refractivity (Wildman–Crippen MR) is 125 cm³/mol. The molecule has 5 nitrogen and oxygen atoms in total. The van der Waals surface area contributed by atoms with Gasteiger partial charge in [-0.15, -0.1) is 0 Å². The number of ether oxygens (including phenoxy) is 1. The third-order valence-electron chi connectivity index (χ3n) is 10.7. The number of aldehydes is 1. The van der Waals surface area contributed by atoms with Crippen molar-refractivity contribution in [1.29, 1.82) is 0 Å². The van der Waals surface area contributed by atoms with Gasteiger partial charge in [-0.2, -0.15) is 0 Å². The van der Waals surface area contributed by atoms with Gasteiger partial charge in [-0.25, -0.2) is 0 Å². The fourth-order valence-electron chi connectivity index (χ4n) is 9.21. The van der Waals surface area contributed by atoms with Crippen molar-refractivity contribution in [2.75, 3.05) is 6.61 Å². The van der Waals surface area contributed by atoms with Gasteiger partial charge >= 0.3 is 5.97 Å². The van der Waals surface area contributed by atoms with Gasteiger partial charge in [-0.3, -0.25) is 14.4 Å². The van der Waals surface area contributed by atoms with Gasteiger partial charge in [0.05, 0.1) is 12.5 Å².